The topological polar surface area (TPSA) is 58.1 Å². The van der Waals surface area contributed by atoms with Crippen LogP contribution in [0.3, 0.4) is 0 Å². The molecule has 0 aromatic carbocycles. The van der Waals surface area contributed by atoms with E-state index in [1.54, 1.807) is 38.6 Å². The lowest BCUT2D eigenvalue weighted by Gasteiger charge is -2.10. The van der Waals surface area contributed by atoms with Gasteiger partial charge in [0.2, 0.25) is 0 Å². The van der Waals surface area contributed by atoms with Crippen LogP contribution < -0.4 is 5.32 Å². The first kappa shape index (κ1) is 13.0. The molecule has 2 aromatic heterocycles. The Bertz CT molecular complexity index is 537. The van der Waals surface area contributed by atoms with E-state index in [2.05, 4.69) is 15.3 Å². The van der Waals surface area contributed by atoms with Gasteiger partial charge in [0.05, 0.1) is 17.8 Å². The smallest absolute Gasteiger partial charge is 0.254 e. The summed E-state index contributed by atoms with van der Waals surface area (Å²) in [6.07, 6.45) is 3.33. The van der Waals surface area contributed by atoms with Crippen molar-refractivity contribution in [3.05, 3.63) is 54.0 Å². The highest BCUT2D eigenvalue weighted by atomic mass is 16.2. The van der Waals surface area contributed by atoms with Crippen LogP contribution in [0.15, 0.2) is 42.7 Å². The molecule has 0 saturated heterocycles. The van der Waals surface area contributed by atoms with Gasteiger partial charge in [0.15, 0.2) is 0 Å². The van der Waals surface area contributed by atoms with Gasteiger partial charge >= 0.3 is 0 Å². The molecule has 1 amide bonds. The third-order valence-corrected chi connectivity index (χ3v) is 2.59. The van der Waals surface area contributed by atoms with Gasteiger partial charge in [-0.3, -0.25) is 9.78 Å². The first-order valence-electron chi connectivity index (χ1n) is 5.98. The van der Waals surface area contributed by atoms with Crippen LogP contribution in [0, 0.1) is 0 Å². The number of carbonyl (C=O) groups excluding carboxylic acids is 1. The quantitative estimate of drug-likeness (QED) is 0.906. The molecule has 0 radical (unpaired) electrons. The summed E-state index contributed by atoms with van der Waals surface area (Å²) >= 11 is 0. The molecule has 0 saturated carbocycles. The number of hydrogen-bond acceptors (Lipinski definition) is 4. The zero-order chi connectivity index (χ0) is 13.7. The first-order chi connectivity index (χ1) is 9.16. The fourth-order valence-corrected chi connectivity index (χ4v) is 1.57. The van der Waals surface area contributed by atoms with Crippen molar-refractivity contribution in [1.82, 2.24) is 14.9 Å². The Hall–Kier alpha value is -2.43. The van der Waals surface area contributed by atoms with Crippen LogP contribution in [-0.2, 0) is 6.54 Å². The van der Waals surface area contributed by atoms with Gasteiger partial charge in [0.1, 0.15) is 5.82 Å². The zero-order valence-electron chi connectivity index (χ0n) is 11.0. The number of carbonyl (C=O) groups is 1. The molecular formula is C14H16N4O. The molecule has 2 heterocycles. The highest BCUT2D eigenvalue weighted by molar-refractivity contribution is 5.93. The number of anilines is 1. The summed E-state index contributed by atoms with van der Waals surface area (Å²) in [5.74, 6) is 0.671. The van der Waals surface area contributed by atoms with Gasteiger partial charge in [-0.1, -0.05) is 6.07 Å². The van der Waals surface area contributed by atoms with Crippen LogP contribution in [0.25, 0.3) is 0 Å². The third kappa shape index (κ3) is 3.51. The van der Waals surface area contributed by atoms with Gasteiger partial charge < -0.3 is 10.2 Å². The SMILES string of the molecule is CN(C)C(=O)c1ccc(NCc2ccccn2)nc1. The molecule has 0 atom stereocenters. The fourth-order valence-electron chi connectivity index (χ4n) is 1.57. The van der Waals surface area contributed by atoms with Crippen molar-refractivity contribution in [3.8, 4) is 0 Å². The molecule has 0 spiro atoms. The monoisotopic (exact) mass is 256 g/mol. The van der Waals surface area contributed by atoms with Crippen molar-refractivity contribution in [1.29, 1.82) is 0 Å². The second-order valence-electron chi connectivity index (χ2n) is 4.31. The second kappa shape index (κ2) is 5.95. The van der Waals surface area contributed by atoms with E-state index in [4.69, 9.17) is 0 Å². The minimum absolute atomic E-state index is 0.0521. The standard InChI is InChI=1S/C14H16N4O/c1-18(2)14(19)11-6-7-13(16-9-11)17-10-12-5-3-4-8-15-12/h3-9H,10H2,1-2H3,(H,16,17). The second-order valence-corrected chi connectivity index (χ2v) is 4.31. The number of nitrogens with zero attached hydrogens (tertiary/aromatic N) is 3. The molecule has 98 valence electrons. The fraction of sp³-hybridized carbons (Fsp3) is 0.214. The summed E-state index contributed by atoms with van der Waals surface area (Å²) in [7, 11) is 3.44. The Labute approximate surface area is 112 Å². The normalized spacial score (nSPS) is 10.0. The Morgan fingerprint density at radius 1 is 1.21 bits per heavy atom. The summed E-state index contributed by atoms with van der Waals surface area (Å²) in [4.78, 5) is 21.6. The molecule has 5 nitrogen and oxygen atoms in total. The molecule has 0 aliphatic heterocycles. The molecule has 1 N–H and O–H groups in total. The van der Waals surface area contributed by atoms with Crippen molar-refractivity contribution in [3.63, 3.8) is 0 Å². The number of aromatic nitrogens is 2. The van der Waals surface area contributed by atoms with Crippen molar-refractivity contribution in [2.24, 2.45) is 0 Å². The Balaban J connectivity index is 1.98. The number of nitrogens with one attached hydrogen (secondary N) is 1. The minimum atomic E-state index is -0.0521. The van der Waals surface area contributed by atoms with Gasteiger partial charge in [-0.15, -0.1) is 0 Å². The Morgan fingerprint density at radius 2 is 2.05 bits per heavy atom. The maximum Gasteiger partial charge on any atom is 0.254 e. The van der Waals surface area contributed by atoms with Crippen molar-refractivity contribution >= 4 is 11.7 Å². The Morgan fingerprint density at radius 3 is 2.63 bits per heavy atom. The van der Waals surface area contributed by atoms with Gasteiger partial charge in [0.25, 0.3) is 5.91 Å². The lowest BCUT2D eigenvalue weighted by molar-refractivity contribution is 0.0827. The zero-order valence-corrected chi connectivity index (χ0v) is 11.0. The van der Waals surface area contributed by atoms with E-state index in [1.165, 1.54) is 4.90 Å². The first-order valence-corrected chi connectivity index (χ1v) is 5.98. The Kier molecular flexibility index (Phi) is 4.07. The van der Waals surface area contributed by atoms with Gasteiger partial charge in [-0.2, -0.15) is 0 Å². The maximum atomic E-state index is 11.7. The summed E-state index contributed by atoms with van der Waals surface area (Å²) in [5, 5.41) is 3.16. The molecule has 0 unspecified atom stereocenters. The lowest BCUT2D eigenvalue weighted by atomic mass is 10.2. The van der Waals surface area contributed by atoms with Gasteiger partial charge in [-0.05, 0) is 24.3 Å². The van der Waals surface area contributed by atoms with E-state index in [-0.39, 0.29) is 5.91 Å². The van der Waals surface area contributed by atoms with E-state index in [9.17, 15) is 4.79 Å². The molecule has 5 heteroatoms. The highest BCUT2D eigenvalue weighted by Crippen LogP contribution is 2.08. The average molecular weight is 256 g/mol. The average Bonchev–Trinajstić information content (AvgIpc) is 2.46. The molecule has 2 aromatic rings. The van der Waals surface area contributed by atoms with Crippen molar-refractivity contribution in [2.45, 2.75) is 6.54 Å². The largest absolute Gasteiger partial charge is 0.364 e. The van der Waals surface area contributed by atoms with E-state index in [0.29, 0.717) is 12.1 Å². The van der Waals surface area contributed by atoms with Crippen molar-refractivity contribution in [2.75, 3.05) is 19.4 Å². The highest BCUT2D eigenvalue weighted by Gasteiger charge is 2.07. The molecule has 0 aliphatic rings. The number of hydrogen-bond donors (Lipinski definition) is 1. The molecule has 0 fully saturated rings. The molecular weight excluding hydrogens is 240 g/mol. The van der Waals surface area contributed by atoms with Gasteiger partial charge in [0, 0.05) is 26.5 Å². The van der Waals surface area contributed by atoms with Crippen LogP contribution in [0.4, 0.5) is 5.82 Å². The minimum Gasteiger partial charge on any atom is -0.364 e. The maximum absolute atomic E-state index is 11.7. The van der Waals surface area contributed by atoms with Crippen LogP contribution in [0.5, 0.6) is 0 Å². The van der Waals surface area contributed by atoms with Gasteiger partial charge in [-0.25, -0.2) is 4.98 Å². The number of amides is 1. The molecule has 2 rings (SSSR count). The van der Waals surface area contributed by atoms with E-state index in [0.717, 1.165) is 11.5 Å². The van der Waals surface area contributed by atoms with E-state index < -0.39 is 0 Å². The van der Waals surface area contributed by atoms with E-state index in [1.807, 2.05) is 18.2 Å². The summed E-state index contributed by atoms with van der Waals surface area (Å²) in [5.41, 5.74) is 1.52. The summed E-state index contributed by atoms with van der Waals surface area (Å²) in [6, 6.07) is 9.31. The molecule has 0 bridgehead atoms. The predicted molar refractivity (Wildman–Crippen MR) is 73.8 cm³/mol. The van der Waals surface area contributed by atoms with Crippen LogP contribution >= 0.6 is 0 Å². The predicted octanol–water partition coefficient (Wildman–Crippen LogP) is 1.79. The molecule has 0 aliphatic carbocycles. The van der Waals surface area contributed by atoms with E-state index >= 15 is 0 Å². The number of pyridine rings is 2. The van der Waals surface area contributed by atoms with Crippen LogP contribution in [0.2, 0.25) is 0 Å². The summed E-state index contributed by atoms with van der Waals surface area (Å²) in [6.45, 7) is 0.606. The molecule has 19 heavy (non-hydrogen) atoms. The lowest BCUT2D eigenvalue weighted by Crippen LogP contribution is -2.21. The number of rotatable bonds is 4. The van der Waals surface area contributed by atoms with Crippen LogP contribution in [0.1, 0.15) is 16.1 Å². The van der Waals surface area contributed by atoms with Crippen molar-refractivity contribution < 1.29 is 4.79 Å². The van der Waals surface area contributed by atoms with Crippen LogP contribution in [-0.4, -0.2) is 34.9 Å². The summed E-state index contributed by atoms with van der Waals surface area (Å²) < 4.78 is 0. The third-order valence-electron chi connectivity index (χ3n) is 2.59.